The van der Waals surface area contributed by atoms with E-state index in [-0.39, 0.29) is 24.0 Å². The van der Waals surface area contributed by atoms with Gasteiger partial charge in [0, 0.05) is 18.5 Å². The first-order valence-corrected chi connectivity index (χ1v) is 7.32. The lowest BCUT2D eigenvalue weighted by Gasteiger charge is -2.27. The summed E-state index contributed by atoms with van der Waals surface area (Å²) >= 11 is 1.55. The number of hydrogen-bond acceptors (Lipinski definition) is 5. The summed E-state index contributed by atoms with van der Waals surface area (Å²) in [7, 11) is 0. The van der Waals surface area contributed by atoms with E-state index in [0.717, 1.165) is 29.6 Å². The zero-order chi connectivity index (χ0) is 13.8. The highest BCUT2D eigenvalue weighted by molar-refractivity contribution is 14.0. The van der Waals surface area contributed by atoms with Gasteiger partial charge >= 0.3 is 0 Å². The van der Waals surface area contributed by atoms with E-state index in [1.165, 1.54) is 0 Å². The first kappa shape index (κ1) is 16.2. The molecule has 8 heteroatoms. The third kappa shape index (κ3) is 4.17. The fourth-order valence-electron chi connectivity index (χ4n) is 1.95. The smallest absolute Gasteiger partial charge is 0.191 e. The lowest BCUT2D eigenvalue weighted by Crippen LogP contribution is -2.44. The maximum atomic E-state index is 5.98. The third-order valence-electron chi connectivity index (χ3n) is 3.02. The van der Waals surface area contributed by atoms with Crippen molar-refractivity contribution in [3.8, 4) is 10.8 Å². The summed E-state index contributed by atoms with van der Waals surface area (Å²) in [6.45, 7) is 3.49. The van der Waals surface area contributed by atoms with Crippen molar-refractivity contribution < 1.29 is 9.15 Å². The Bertz CT molecular complexity index is 579. The molecule has 0 spiro atoms. The fraction of sp³-hybridized carbons (Fsp3) is 0.385. The van der Waals surface area contributed by atoms with Gasteiger partial charge in [0.05, 0.1) is 31.7 Å². The number of morpholine rings is 1. The molecule has 0 unspecified atom stereocenters. The minimum Gasteiger partial charge on any atom is -0.462 e. The Labute approximate surface area is 144 Å². The summed E-state index contributed by atoms with van der Waals surface area (Å²) in [4.78, 5) is 10.9. The fourth-order valence-corrected chi connectivity index (χ4v) is 2.72. The summed E-state index contributed by atoms with van der Waals surface area (Å²) in [6, 6.07) is 3.75. The molecule has 0 aliphatic carbocycles. The van der Waals surface area contributed by atoms with E-state index in [1.54, 1.807) is 17.6 Å². The van der Waals surface area contributed by atoms with Crippen LogP contribution in [0.1, 0.15) is 5.69 Å². The third-order valence-corrected chi connectivity index (χ3v) is 3.93. The number of aliphatic imine (C=N–C) groups is 1. The summed E-state index contributed by atoms with van der Waals surface area (Å²) in [5.74, 6) is 1.34. The van der Waals surface area contributed by atoms with Crippen LogP contribution in [0.25, 0.3) is 10.8 Å². The van der Waals surface area contributed by atoms with Crippen LogP contribution < -0.4 is 5.73 Å². The standard InChI is InChI=1S/C13H16N4O2S.HI/c14-13(17-3-6-18-7-4-17)15-8-10-9-20-12(16-10)11-2-1-5-19-11;/h1-2,5,9H,3-4,6-8H2,(H2,14,15);1H. The molecule has 3 rings (SSSR count). The van der Waals surface area contributed by atoms with Crippen LogP contribution in [0, 0.1) is 0 Å². The van der Waals surface area contributed by atoms with Crippen molar-refractivity contribution in [1.29, 1.82) is 0 Å². The molecule has 0 amide bonds. The summed E-state index contributed by atoms with van der Waals surface area (Å²) in [6.07, 6.45) is 1.64. The molecule has 1 saturated heterocycles. The number of ether oxygens (including phenoxy) is 1. The predicted octanol–water partition coefficient (Wildman–Crippen LogP) is 2.17. The van der Waals surface area contributed by atoms with Gasteiger partial charge in [-0.3, -0.25) is 0 Å². The average molecular weight is 420 g/mol. The van der Waals surface area contributed by atoms with Crippen molar-refractivity contribution in [3.63, 3.8) is 0 Å². The number of aromatic nitrogens is 1. The van der Waals surface area contributed by atoms with Gasteiger partial charge in [0.2, 0.25) is 0 Å². The van der Waals surface area contributed by atoms with Gasteiger partial charge in [-0.1, -0.05) is 0 Å². The largest absolute Gasteiger partial charge is 0.462 e. The molecule has 0 bridgehead atoms. The number of thiazole rings is 1. The van der Waals surface area contributed by atoms with E-state index >= 15 is 0 Å². The molecule has 0 atom stereocenters. The van der Waals surface area contributed by atoms with E-state index in [4.69, 9.17) is 14.9 Å². The van der Waals surface area contributed by atoms with Gasteiger partial charge in [-0.05, 0) is 12.1 Å². The molecule has 114 valence electrons. The molecule has 3 heterocycles. The van der Waals surface area contributed by atoms with Crippen LogP contribution >= 0.6 is 35.3 Å². The molecule has 6 nitrogen and oxygen atoms in total. The number of nitrogens with zero attached hydrogens (tertiary/aromatic N) is 3. The van der Waals surface area contributed by atoms with Gasteiger partial charge in [0.1, 0.15) is 0 Å². The van der Waals surface area contributed by atoms with Crippen LogP contribution in [-0.2, 0) is 11.3 Å². The highest BCUT2D eigenvalue weighted by atomic mass is 127. The van der Waals surface area contributed by atoms with Crippen molar-refractivity contribution in [2.75, 3.05) is 26.3 Å². The Morgan fingerprint density at radius 3 is 2.95 bits per heavy atom. The van der Waals surface area contributed by atoms with E-state index in [9.17, 15) is 0 Å². The van der Waals surface area contributed by atoms with Crippen LogP contribution in [0.4, 0.5) is 0 Å². The zero-order valence-electron chi connectivity index (χ0n) is 11.4. The summed E-state index contributed by atoms with van der Waals surface area (Å²) < 4.78 is 10.6. The van der Waals surface area contributed by atoms with E-state index in [2.05, 4.69) is 9.98 Å². The van der Waals surface area contributed by atoms with Gasteiger partial charge in [0.25, 0.3) is 0 Å². The van der Waals surface area contributed by atoms with Crippen LogP contribution in [0.3, 0.4) is 0 Å². The molecular formula is C13H17IN4O2S. The van der Waals surface area contributed by atoms with Gasteiger partial charge in [-0.2, -0.15) is 0 Å². The van der Waals surface area contributed by atoms with Crippen molar-refractivity contribution >= 4 is 41.3 Å². The first-order valence-electron chi connectivity index (χ1n) is 6.44. The molecule has 1 aliphatic rings. The van der Waals surface area contributed by atoms with Crippen molar-refractivity contribution in [1.82, 2.24) is 9.88 Å². The minimum atomic E-state index is 0. The number of hydrogen-bond donors (Lipinski definition) is 1. The Kier molecular flexibility index (Phi) is 6.00. The maximum absolute atomic E-state index is 5.98. The minimum absolute atomic E-state index is 0. The average Bonchev–Trinajstić information content (AvgIpc) is 3.16. The van der Waals surface area contributed by atoms with Gasteiger partial charge in [0.15, 0.2) is 16.7 Å². The Morgan fingerprint density at radius 1 is 1.43 bits per heavy atom. The molecule has 2 aromatic heterocycles. The van der Waals surface area contributed by atoms with Crippen molar-refractivity contribution in [3.05, 3.63) is 29.5 Å². The Morgan fingerprint density at radius 2 is 2.24 bits per heavy atom. The van der Waals surface area contributed by atoms with Gasteiger partial charge in [-0.15, -0.1) is 35.3 Å². The predicted molar refractivity (Wildman–Crippen MR) is 92.9 cm³/mol. The monoisotopic (exact) mass is 420 g/mol. The number of nitrogens with two attached hydrogens (primary N) is 1. The molecule has 0 saturated carbocycles. The second-order valence-electron chi connectivity index (χ2n) is 4.40. The van der Waals surface area contributed by atoms with Crippen LogP contribution in [0.15, 0.2) is 33.2 Å². The normalized spacial score (nSPS) is 15.8. The van der Waals surface area contributed by atoms with Crippen molar-refractivity contribution in [2.45, 2.75) is 6.54 Å². The quantitative estimate of drug-likeness (QED) is 0.468. The molecule has 2 N–H and O–H groups in total. The zero-order valence-corrected chi connectivity index (χ0v) is 14.5. The topological polar surface area (TPSA) is 76.9 Å². The highest BCUT2D eigenvalue weighted by Gasteiger charge is 2.12. The van der Waals surface area contributed by atoms with Gasteiger partial charge < -0.3 is 19.8 Å². The SMILES string of the molecule is I.NC(=NCc1csc(-c2ccco2)n1)N1CCOCC1. The summed E-state index contributed by atoms with van der Waals surface area (Å²) in [5, 5.41) is 2.85. The van der Waals surface area contributed by atoms with Crippen LogP contribution in [0.2, 0.25) is 0 Å². The number of halogens is 1. The van der Waals surface area contributed by atoms with E-state index < -0.39 is 0 Å². The lowest BCUT2D eigenvalue weighted by molar-refractivity contribution is 0.0674. The Hall–Kier alpha value is -1.13. The second kappa shape index (κ2) is 7.76. The molecule has 2 aromatic rings. The van der Waals surface area contributed by atoms with Gasteiger partial charge in [-0.25, -0.2) is 9.98 Å². The molecule has 0 aromatic carbocycles. The van der Waals surface area contributed by atoms with Crippen LogP contribution in [0.5, 0.6) is 0 Å². The number of furan rings is 1. The molecule has 1 aliphatic heterocycles. The highest BCUT2D eigenvalue weighted by Crippen LogP contribution is 2.24. The van der Waals surface area contributed by atoms with E-state index in [0.29, 0.717) is 25.7 Å². The summed E-state index contributed by atoms with van der Waals surface area (Å²) in [5.41, 5.74) is 6.88. The second-order valence-corrected chi connectivity index (χ2v) is 5.25. The molecule has 21 heavy (non-hydrogen) atoms. The molecular weight excluding hydrogens is 403 g/mol. The molecule has 1 fully saturated rings. The van der Waals surface area contributed by atoms with E-state index in [1.807, 2.05) is 22.4 Å². The maximum Gasteiger partial charge on any atom is 0.191 e. The number of rotatable bonds is 3. The Balaban J connectivity index is 0.00000161. The van der Waals surface area contributed by atoms with Crippen molar-refractivity contribution in [2.24, 2.45) is 10.7 Å². The number of guanidine groups is 1. The lowest BCUT2D eigenvalue weighted by atomic mass is 10.4. The van der Waals surface area contributed by atoms with Crippen LogP contribution in [-0.4, -0.2) is 42.1 Å². The first-order chi connectivity index (χ1) is 9.83. The molecule has 0 radical (unpaired) electrons.